The maximum Gasteiger partial charge on any atom is 0.338 e. The van der Waals surface area contributed by atoms with E-state index in [1.165, 1.54) is 11.3 Å². The van der Waals surface area contributed by atoms with Gasteiger partial charge in [0, 0.05) is 36.8 Å². The molecule has 0 aliphatic carbocycles. The summed E-state index contributed by atoms with van der Waals surface area (Å²) in [6.45, 7) is 1.66. The molecule has 2 unspecified atom stereocenters. The molecule has 7 nitrogen and oxygen atoms in total. The number of hydrogen-bond acceptors (Lipinski definition) is 7. The highest BCUT2D eigenvalue weighted by Gasteiger charge is 2.34. The summed E-state index contributed by atoms with van der Waals surface area (Å²) in [4.78, 5) is 22.6. The quantitative estimate of drug-likeness (QED) is 0.745. The number of aromatic carboxylic acids is 1. The molecule has 0 amide bonds. The lowest BCUT2D eigenvalue weighted by atomic mass is 10.1. The number of piperazine rings is 1. The second-order valence-electron chi connectivity index (χ2n) is 6.52. The van der Waals surface area contributed by atoms with Crippen LogP contribution in [0.2, 0.25) is 0 Å². The Kier molecular flexibility index (Phi) is 3.29. The van der Waals surface area contributed by atoms with Gasteiger partial charge in [-0.3, -0.25) is 0 Å². The fourth-order valence-corrected chi connectivity index (χ4v) is 4.44. The number of rotatable bonds is 3. The summed E-state index contributed by atoms with van der Waals surface area (Å²) in [5, 5.41) is 15.8. The van der Waals surface area contributed by atoms with E-state index in [1.54, 1.807) is 18.3 Å². The largest absolute Gasteiger partial charge is 0.478 e. The van der Waals surface area contributed by atoms with Gasteiger partial charge in [-0.15, -0.1) is 11.3 Å². The topological polar surface area (TPSA) is 91.5 Å². The first kappa shape index (κ1) is 14.9. The second-order valence-corrected chi connectivity index (χ2v) is 7.41. The number of oxazole rings is 1. The van der Waals surface area contributed by atoms with Crippen molar-refractivity contribution in [1.82, 2.24) is 15.3 Å². The molecule has 2 aliphatic heterocycles. The Hall–Kier alpha value is -2.45. The van der Waals surface area contributed by atoms with Crippen molar-refractivity contribution in [2.75, 3.05) is 18.0 Å². The van der Waals surface area contributed by atoms with Crippen LogP contribution >= 0.6 is 11.3 Å². The number of carbonyl (C=O) groups is 1. The van der Waals surface area contributed by atoms with Gasteiger partial charge in [-0.1, -0.05) is 0 Å². The first-order valence-corrected chi connectivity index (χ1v) is 9.14. The van der Waals surface area contributed by atoms with E-state index in [-0.39, 0.29) is 5.56 Å². The van der Waals surface area contributed by atoms with Crippen LogP contribution in [0.5, 0.6) is 0 Å². The third-order valence-electron chi connectivity index (χ3n) is 4.91. The van der Waals surface area contributed by atoms with Crippen molar-refractivity contribution in [3.63, 3.8) is 0 Å². The number of anilines is 1. The lowest BCUT2D eigenvalue weighted by Gasteiger charge is -2.31. The number of carboxylic acid groups (broad SMARTS) is 1. The van der Waals surface area contributed by atoms with Gasteiger partial charge in [-0.05, 0) is 25.0 Å². The van der Waals surface area contributed by atoms with E-state index in [2.05, 4.69) is 20.2 Å². The minimum atomic E-state index is -1.00. The third-order valence-corrected chi connectivity index (χ3v) is 5.72. The molecule has 5 rings (SSSR count). The predicted molar refractivity (Wildman–Crippen MR) is 94.2 cm³/mol. The lowest BCUT2D eigenvalue weighted by Crippen LogP contribution is -2.51. The number of nitrogens with one attached hydrogen (secondary N) is 1. The van der Waals surface area contributed by atoms with Gasteiger partial charge < -0.3 is 19.7 Å². The van der Waals surface area contributed by atoms with E-state index in [9.17, 15) is 9.90 Å². The van der Waals surface area contributed by atoms with Crippen LogP contribution in [0.4, 0.5) is 6.01 Å². The molecule has 0 saturated carbocycles. The highest BCUT2D eigenvalue weighted by atomic mass is 32.1. The fraction of sp³-hybridized carbons (Fsp3) is 0.353. The van der Waals surface area contributed by atoms with Crippen molar-refractivity contribution >= 4 is 34.4 Å². The van der Waals surface area contributed by atoms with E-state index in [0.717, 1.165) is 36.5 Å². The Morgan fingerprint density at radius 1 is 1.32 bits per heavy atom. The Balaban J connectivity index is 1.65. The molecular weight excluding hydrogens is 340 g/mol. The molecule has 2 bridgehead atoms. The average Bonchev–Trinajstić information content (AvgIpc) is 3.33. The van der Waals surface area contributed by atoms with Crippen molar-refractivity contribution in [3.8, 4) is 10.6 Å². The number of carboxylic acids is 1. The van der Waals surface area contributed by atoms with Gasteiger partial charge in [0.2, 0.25) is 0 Å². The van der Waals surface area contributed by atoms with Gasteiger partial charge >= 0.3 is 5.97 Å². The van der Waals surface area contributed by atoms with Crippen molar-refractivity contribution in [2.45, 2.75) is 24.9 Å². The van der Waals surface area contributed by atoms with Crippen LogP contribution in [0.1, 0.15) is 23.2 Å². The van der Waals surface area contributed by atoms with E-state index < -0.39 is 5.97 Å². The fourth-order valence-electron chi connectivity index (χ4n) is 3.78. The summed E-state index contributed by atoms with van der Waals surface area (Å²) in [7, 11) is 0. The molecule has 128 valence electrons. The van der Waals surface area contributed by atoms with Crippen LogP contribution in [-0.2, 0) is 0 Å². The molecule has 2 saturated heterocycles. The molecule has 3 aromatic rings. The minimum Gasteiger partial charge on any atom is -0.478 e. The van der Waals surface area contributed by atoms with Gasteiger partial charge in [0.15, 0.2) is 5.58 Å². The molecule has 0 spiro atoms. The van der Waals surface area contributed by atoms with Gasteiger partial charge in [0.05, 0.1) is 11.1 Å². The van der Waals surface area contributed by atoms with Gasteiger partial charge in [0.1, 0.15) is 10.5 Å². The summed E-state index contributed by atoms with van der Waals surface area (Å²) in [5.74, 6) is -1.00. The van der Waals surface area contributed by atoms with E-state index in [4.69, 9.17) is 4.42 Å². The molecule has 0 radical (unpaired) electrons. The summed E-state index contributed by atoms with van der Waals surface area (Å²) in [6.07, 6.45) is 4.04. The first-order chi connectivity index (χ1) is 12.2. The zero-order valence-electron chi connectivity index (χ0n) is 13.3. The summed E-state index contributed by atoms with van der Waals surface area (Å²) < 4.78 is 6.07. The van der Waals surface area contributed by atoms with Crippen LogP contribution in [0.25, 0.3) is 21.7 Å². The lowest BCUT2D eigenvalue weighted by molar-refractivity contribution is 0.0699. The normalized spacial score (nSPS) is 22.6. The molecule has 2 atom stereocenters. The van der Waals surface area contributed by atoms with Crippen LogP contribution in [0.15, 0.2) is 28.1 Å². The van der Waals surface area contributed by atoms with Crippen LogP contribution in [-0.4, -0.2) is 46.2 Å². The monoisotopic (exact) mass is 356 g/mol. The van der Waals surface area contributed by atoms with E-state index >= 15 is 0 Å². The standard InChI is InChI=1S/C17H16N4O3S/c22-16(23)11-3-4-12(15-18-5-6-25-15)14-13(11)20-17(24-14)21-7-9-1-2-10(8-21)19-9/h3-6,9-10,19H,1-2,7-8H2,(H,22,23). The number of thiazole rings is 1. The van der Waals surface area contributed by atoms with E-state index in [0.29, 0.717) is 29.2 Å². The Morgan fingerprint density at radius 2 is 2.12 bits per heavy atom. The van der Waals surface area contributed by atoms with Crippen molar-refractivity contribution in [1.29, 1.82) is 0 Å². The summed E-state index contributed by atoms with van der Waals surface area (Å²) >= 11 is 1.49. The highest BCUT2D eigenvalue weighted by Crippen LogP contribution is 2.35. The average molecular weight is 356 g/mol. The number of nitrogens with zero attached hydrogens (tertiary/aromatic N) is 3. The zero-order chi connectivity index (χ0) is 17.0. The maximum absolute atomic E-state index is 11.6. The minimum absolute atomic E-state index is 0.156. The van der Waals surface area contributed by atoms with Gasteiger partial charge in [-0.2, -0.15) is 4.98 Å². The highest BCUT2D eigenvalue weighted by molar-refractivity contribution is 7.13. The molecule has 2 aromatic heterocycles. The number of hydrogen-bond donors (Lipinski definition) is 2. The SMILES string of the molecule is O=C(O)c1ccc(-c2nccs2)c2oc(N3CC4CCC(C3)N4)nc12. The number of benzene rings is 1. The zero-order valence-corrected chi connectivity index (χ0v) is 14.1. The van der Waals surface area contributed by atoms with Crippen molar-refractivity contribution < 1.29 is 14.3 Å². The summed E-state index contributed by atoms with van der Waals surface area (Å²) in [6, 6.07) is 4.73. The second kappa shape index (κ2) is 5.53. The van der Waals surface area contributed by atoms with Gasteiger partial charge in [-0.25, -0.2) is 9.78 Å². The van der Waals surface area contributed by atoms with Crippen LogP contribution in [0.3, 0.4) is 0 Å². The Bertz CT molecular complexity index is 940. The number of fused-ring (bicyclic) bond motifs is 3. The van der Waals surface area contributed by atoms with E-state index in [1.807, 2.05) is 5.38 Å². The Labute approximate surface area is 147 Å². The number of aromatic nitrogens is 2. The van der Waals surface area contributed by atoms with Crippen molar-refractivity contribution in [3.05, 3.63) is 29.3 Å². The molecule has 4 heterocycles. The predicted octanol–water partition coefficient (Wildman–Crippen LogP) is 2.59. The first-order valence-electron chi connectivity index (χ1n) is 8.27. The molecule has 2 N–H and O–H groups in total. The van der Waals surface area contributed by atoms with Crippen LogP contribution in [0, 0.1) is 0 Å². The Morgan fingerprint density at radius 3 is 2.80 bits per heavy atom. The van der Waals surface area contributed by atoms with Crippen LogP contribution < -0.4 is 10.2 Å². The molecular formula is C17H16N4O3S. The maximum atomic E-state index is 11.6. The summed E-state index contributed by atoms with van der Waals surface area (Å²) in [5.41, 5.74) is 1.83. The van der Waals surface area contributed by atoms with Gasteiger partial charge in [0.25, 0.3) is 6.01 Å². The molecule has 2 aliphatic rings. The third kappa shape index (κ3) is 2.40. The molecule has 2 fully saturated rings. The van der Waals surface area contributed by atoms with Crippen molar-refractivity contribution in [2.24, 2.45) is 0 Å². The molecule has 25 heavy (non-hydrogen) atoms. The smallest absolute Gasteiger partial charge is 0.338 e. The molecule has 1 aromatic carbocycles. The molecule has 8 heteroatoms.